The second-order valence-electron chi connectivity index (χ2n) is 4.26. The van der Waals surface area contributed by atoms with E-state index < -0.39 is 0 Å². The summed E-state index contributed by atoms with van der Waals surface area (Å²) in [5, 5.41) is 10.00. The zero-order chi connectivity index (χ0) is 12.5. The average Bonchev–Trinajstić information content (AvgIpc) is 2.93. The van der Waals surface area contributed by atoms with E-state index in [9.17, 15) is 4.79 Å². The van der Waals surface area contributed by atoms with Crippen LogP contribution in [0.5, 0.6) is 0 Å². The van der Waals surface area contributed by atoms with Crippen molar-refractivity contribution in [3.63, 3.8) is 0 Å². The van der Waals surface area contributed by atoms with Crippen LogP contribution in [0.3, 0.4) is 0 Å². The Kier molecular flexibility index (Phi) is 2.75. The zero-order valence-electron chi connectivity index (χ0n) is 9.91. The number of hydrogen-bond donors (Lipinski definition) is 1. The highest BCUT2D eigenvalue weighted by molar-refractivity contribution is 7.13. The first kappa shape index (κ1) is 11.2. The molecule has 1 N–H and O–H groups in total. The van der Waals surface area contributed by atoms with Crippen molar-refractivity contribution in [3.8, 4) is 0 Å². The highest BCUT2D eigenvalue weighted by atomic mass is 32.1. The average molecular weight is 263 g/mol. The van der Waals surface area contributed by atoms with Gasteiger partial charge in [-0.05, 0) is 6.07 Å². The fraction of sp³-hybridized carbons (Fsp3) is 0.364. The summed E-state index contributed by atoms with van der Waals surface area (Å²) in [6.07, 6.45) is 3.55. The molecule has 7 heteroatoms. The number of anilines is 1. The second-order valence-corrected chi connectivity index (χ2v) is 5.14. The van der Waals surface area contributed by atoms with Crippen molar-refractivity contribution >= 4 is 22.4 Å². The van der Waals surface area contributed by atoms with Crippen LogP contribution in [-0.2, 0) is 7.05 Å². The van der Waals surface area contributed by atoms with E-state index in [2.05, 4.69) is 20.3 Å². The van der Waals surface area contributed by atoms with E-state index in [0.29, 0.717) is 5.69 Å². The van der Waals surface area contributed by atoms with Crippen molar-refractivity contribution < 1.29 is 4.79 Å². The van der Waals surface area contributed by atoms with Crippen LogP contribution in [0.2, 0.25) is 0 Å². The van der Waals surface area contributed by atoms with Gasteiger partial charge in [-0.2, -0.15) is 5.10 Å². The molecule has 0 aliphatic carbocycles. The molecule has 0 spiro atoms. The molecule has 1 fully saturated rings. The highest BCUT2D eigenvalue weighted by Gasteiger charge is 2.30. The van der Waals surface area contributed by atoms with Crippen molar-refractivity contribution in [2.75, 3.05) is 18.0 Å². The molecule has 0 saturated carbocycles. The molecule has 1 amide bonds. The molecule has 2 aromatic heterocycles. The maximum absolute atomic E-state index is 11.8. The predicted octanol–water partition coefficient (Wildman–Crippen LogP) is 0.495. The molecule has 3 rings (SSSR count). The summed E-state index contributed by atoms with van der Waals surface area (Å²) in [6, 6.07) is 1.90. The Balaban J connectivity index is 1.53. The number of thiazole rings is 1. The van der Waals surface area contributed by atoms with Gasteiger partial charge in [0, 0.05) is 37.9 Å². The Bertz CT molecular complexity index is 544. The first-order valence-electron chi connectivity index (χ1n) is 5.67. The van der Waals surface area contributed by atoms with Gasteiger partial charge in [0.1, 0.15) is 5.69 Å². The van der Waals surface area contributed by atoms with E-state index in [-0.39, 0.29) is 11.9 Å². The van der Waals surface area contributed by atoms with E-state index in [1.807, 2.05) is 5.38 Å². The second kappa shape index (κ2) is 4.41. The van der Waals surface area contributed by atoms with Crippen LogP contribution in [0.15, 0.2) is 23.8 Å². The predicted molar refractivity (Wildman–Crippen MR) is 68.8 cm³/mol. The topological polar surface area (TPSA) is 63.1 Å². The van der Waals surface area contributed by atoms with Gasteiger partial charge in [0.2, 0.25) is 0 Å². The molecular formula is C11H13N5OS. The first-order chi connectivity index (χ1) is 8.72. The SMILES string of the molecule is Cn1ccc(C(=O)NC2CN(c3nccs3)C2)n1. The van der Waals surface area contributed by atoms with Crippen molar-refractivity contribution in [3.05, 3.63) is 29.5 Å². The van der Waals surface area contributed by atoms with Gasteiger partial charge in [-0.3, -0.25) is 9.48 Å². The van der Waals surface area contributed by atoms with Gasteiger partial charge in [-0.1, -0.05) is 0 Å². The number of aryl methyl sites for hydroxylation is 1. The number of rotatable bonds is 3. The fourth-order valence-electron chi connectivity index (χ4n) is 1.89. The van der Waals surface area contributed by atoms with Gasteiger partial charge in [0.05, 0.1) is 6.04 Å². The number of amides is 1. The molecule has 0 bridgehead atoms. The third kappa shape index (κ3) is 2.08. The van der Waals surface area contributed by atoms with Gasteiger partial charge in [-0.15, -0.1) is 11.3 Å². The van der Waals surface area contributed by atoms with Crippen LogP contribution < -0.4 is 10.2 Å². The molecule has 0 atom stereocenters. The largest absolute Gasteiger partial charge is 0.344 e. The summed E-state index contributed by atoms with van der Waals surface area (Å²) >= 11 is 1.61. The number of hydrogen-bond acceptors (Lipinski definition) is 5. The molecule has 0 unspecified atom stereocenters. The fourth-order valence-corrected chi connectivity index (χ4v) is 2.56. The minimum Gasteiger partial charge on any atom is -0.344 e. The third-order valence-corrected chi connectivity index (χ3v) is 3.69. The number of carbonyl (C=O) groups excluding carboxylic acids is 1. The van der Waals surface area contributed by atoms with Crippen LogP contribution in [0.25, 0.3) is 0 Å². The number of aromatic nitrogens is 3. The minimum atomic E-state index is -0.112. The molecule has 6 nitrogen and oxygen atoms in total. The van der Waals surface area contributed by atoms with Gasteiger partial charge < -0.3 is 10.2 Å². The van der Waals surface area contributed by atoms with Crippen LogP contribution in [0, 0.1) is 0 Å². The standard InChI is InChI=1S/C11H13N5OS/c1-15-4-2-9(14-15)10(17)13-8-6-16(7-8)11-12-3-5-18-11/h2-5,8H,6-7H2,1H3,(H,13,17). The van der Waals surface area contributed by atoms with E-state index in [1.54, 1.807) is 41.5 Å². The minimum absolute atomic E-state index is 0.112. The smallest absolute Gasteiger partial charge is 0.272 e. The van der Waals surface area contributed by atoms with E-state index >= 15 is 0 Å². The highest BCUT2D eigenvalue weighted by Crippen LogP contribution is 2.22. The lowest BCUT2D eigenvalue weighted by Crippen LogP contribution is -2.59. The Morgan fingerprint density at radius 3 is 3.00 bits per heavy atom. The molecule has 0 aromatic carbocycles. The molecule has 3 heterocycles. The molecule has 18 heavy (non-hydrogen) atoms. The maximum atomic E-state index is 11.8. The summed E-state index contributed by atoms with van der Waals surface area (Å²) < 4.78 is 1.62. The molecule has 1 aliphatic heterocycles. The maximum Gasteiger partial charge on any atom is 0.272 e. The lowest BCUT2D eigenvalue weighted by Gasteiger charge is -2.39. The molecule has 94 valence electrons. The Morgan fingerprint density at radius 1 is 1.56 bits per heavy atom. The molecule has 1 aliphatic rings. The van der Waals surface area contributed by atoms with Gasteiger partial charge in [0.25, 0.3) is 5.91 Å². The van der Waals surface area contributed by atoms with Crippen LogP contribution in [0.4, 0.5) is 5.13 Å². The van der Waals surface area contributed by atoms with Crippen molar-refractivity contribution in [1.29, 1.82) is 0 Å². The lowest BCUT2D eigenvalue weighted by atomic mass is 10.1. The lowest BCUT2D eigenvalue weighted by molar-refractivity contribution is 0.0924. The van der Waals surface area contributed by atoms with E-state index in [4.69, 9.17) is 0 Å². The van der Waals surface area contributed by atoms with Crippen molar-refractivity contribution in [2.45, 2.75) is 6.04 Å². The molecule has 2 aromatic rings. The van der Waals surface area contributed by atoms with Crippen LogP contribution in [-0.4, -0.2) is 39.8 Å². The quantitative estimate of drug-likeness (QED) is 0.875. The summed E-state index contributed by atoms with van der Waals surface area (Å²) in [5.74, 6) is -0.112. The molecular weight excluding hydrogens is 250 g/mol. The summed E-state index contributed by atoms with van der Waals surface area (Å²) in [5.41, 5.74) is 0.463. The van der Waals surface area contributed by atoms with Crippen molar-refractivity contribution in [2.24, 2.45) is 7.05 Å². The van der Waals surface area contributed by atoms with Crippen LogP contribution in [0.1, 0.15) is 10.5 Å². The first-order valence-corrected chi connectivity index (χ1v) is 6.55. The van der Waals surface area contributed by atoms with Gasteiger partial charge in [0.15, 0.2) is 5.13 Å². The van der Waals surface area contributed by atoms with Crippen LogP contribution >= 0.6 is 11.3 Å². The summed E-state index contributed by atoms with van der Waals surface area (Å²) in [4.78, 5) is 18.2. The Labute approximate surface area is 108 Å². The molecule has 0 radical (unpaired) electrons. The van der Waals surface area contributed by atoms with Gasteiger partial charge >= 0.3 is 0 Å². The van der Waals surface area contributed by atoms with Gasteiger partial charge in [-0.25, -0.2) is 4.98 Å². The number of carbonyl (C=O) groups is 1. The summed E-state index contributed by atoms with van der Waals surface area (Å²) in [6.45, 7) is 1.62. The monoisotopic (exact) mass is 263 g/mol. The third-order valence-electron chi connectivity index (χ3n) is 2.85. The van der Waals surface area contributed by atoms with Crippen molar-refractivity contribution in [1.82, 2.24) is 20.1 Å². The Hall–Kier alpha value is -1.89. The van der Waals surface area contributed by atoms with E-state index in [1.165, 1.54) is 0 Å². The Morgan fingerprint density at radius 2 is 2.39 bits per heavy atom. The molecule has 1 saturated heterocycles. The summed E-state index contributed by atoms with van der Waals surface area (Å²) in [7, 11) is 1.80. The van der Waals surface area contributed by atoms with E-state index in [0.717, 1.165) is 18.2 Å². The number of nitrogens with one attached hydrogen (secondary N) is 1. The normalized spacial score (nSPS) is 15.5. The zero-order valence-corrected chi connectivity index (χ0v) is 10.7. The number of nitrogens with zero attached hydrogens (tertiary/aromatic N) is 4.